The van der Waals surface area contributed by atoms with Gasteiger partial charge >= 0.3 is 0 Å². The van der Waals surface area contributed by atoms with Gasteiger partial charge in [0, 0.05) is 83.0 Å². The minimum absolute atomic E-state index is 0.0911. The van der Waals surface area contributed by atoms with E-state index in [0.717, 1.165) is 93.8 Å². The fourth-order valence-corrected chi connectivity index (χ4v) is 17.2. The molecule has 2 aliphatic rings. The molecule has 0 saturated carbocycles. The third-order valence-corrected chi connectivity index (χ3v) is 22.5. The Kier molecular flexibility index (Phi) is 10.9. The van der Waals surface area contributed by atoms with Gasteiger partial charge in [-0.3, -0.25) is 0 Å². The van der Waals surface area contributed by atoms with E-state index in [2.05, 4.69) is 198 Å². The highest BCUT2D eigenvalue weighted by Gasteiger charge is 2.46. The first kappa shape index (κ1) is 49.9. The molecular weight excluding hydrogens is 1320 g/mol. The van der Waals surface area contributed by atoms with Crippen molar-refractivity contribution >= 4 is 145 Å². The van der Waals surface area contributed by atoms with Gasteiger partial charge < -0.3 is 27.9 Å². The lowest BCUT2D eigenvalue weighted by molar-refractivity contribution is 0.590. The number of hydrogen-bond donors (Lipinski definition) is 0. The molecule has 0 radical (unpaired) electrons. The van der Waals surface area contributed by atoms with E-state index in [9.17, 15) is 21.9 Å². The predicted molar refractivity (Wildman–Crippen MR) is 463 cm³/mol. The zero-order valence-electron chi connectivity index (χ0n) is 77.6. The molecule has 0 fully saturated rings. The third-order valence-electron chi connectivity index (χ3n) is 22.5. The van der Waals surface area contributed by atoms with Crippen molar-refractivity contribution in [2.75, 3.05) is 9.80 Å². The standard InChI is InChI=1S/C102H80BN5O/c1-100(2,3)67-45-51-88-80(55-67)81-56-68(101(4,5)6)46-52-89(81)105(88)70-47-49-82-90(59-70)107(92-53-66(63-29-13-10-14-30-63)54-96-97(92)77-39-23-28-44-95(77)109-96)93-61-72(106-86-42-26-21-37-75(86)76-38-22-27-43-87(76)106)62-94-98(93)103(82)83-50-48-71(104-84-40-24-19-35-73(84)74-36-20-25-41-85(74)104)60-91(83)108(94)99-78(64-31-15-11-16-32-64)57-69(102(7,8)9)58-79(99)65-33-17-12-18-34-65/h10-62H,1-9H3/i19D,20D,21D,22D,24D,25D,26D,27D,35D,36D,37D,38D,40D,41D,42D,43D. The van der Waals surface area contributed by atoms with Gasteiger partial charge in [0.2, 0.25) is 0 Å². The number of anilines is 6. The van der Waals surface area contributed by atoms with Gasteiger partial charge in [0.25, 0.3) is 6.71 Å². The normalized spacial score (nSPS) is 15.2. The molecule has 0 unspecified atom stereocenters. The van der Waals surface area contributed by atoms with Crippen LogP contribution in [-0.2, 0) is 16.2 Å². The van der Waals surface area contributed by atoms with Crippen LogP contribution >= 0.6 is 0 Å². The Morgan fingerprint density at radius 2 is 0.706 bits per heavy atom. The third kappa shape index (κ3) is 9.95. The van der Waals surface area contributed by atoms with E-state index in [0.29, 0.717) is 56.2 Å². The highest BCUT2D eigenvalue weighted by molar-refractivity contribution is 7.00. The second-order valence-corrected chi connectivity index (χ2v) is 32.1. The van der Waals surface area contributed by atoms with Crippen LogP contribution in [0.2, 0.25) is 0 Å². The minimum Gasteiger partial charge on any atom is -0.456 e. The summed E-state index contributed by atoms with van der Waals surface area (Å²) in [6.45, 7) is 19.0. The molecule has 4 aromatic heterocycles. The number of para-hydroxylation sites is 5. The summed E-state index contributed by atoms with van der Waals surface area (Å²) in [6, 6.07) is 67.9. The molecular formula is C102H80BN5O. The molecule has 21 rings (SSSR count). The SMILES string of the molecule is [2H]c1c([2H])c([2H])c2c(c1[2H])c1c([2H])c([2H])c([2H])c([2H])c1n2-c1ccc2c(c1)N(c1c(-c3ccccc3)cc(C(C)(C)C)cc1-c1ccccc1)c1cc(-n3c4c([2H])c([2H])c([2H])c([2H])c4c4c([2H])c([2H])c([2H])c([2H])c43)cc3c1B2c1ccc(-n2c4ccc(C(C)(C)C)cc4c4cc(C(C)(C)C)ccc42)cc1N3c1cc(-c2ccccc2)cc2oc3ccccc3c12. The second-order valence-electron chi connectivity index (χ2n) is 32.1. The lowest BCUT2D eigenvalue weighted by Gasteiger charge is -2.45. The van der Waals surface area contributed by atoms with Crippen LogP contribution in [0.5, 0.6) is 0 Å². The maximum atomic E-state index is 10.3. The summed E-state index contributed by atoms with van der Waals surface area (Å²) in [6.07, 6.45) is 0. The molecule has 7 heteroatoms. The van der Waals surface area contributed by atoms with E-state index in [4.69, 9.17) is 4.42 Å². The molecule has 0 N–H and O–H groups in total. The monoisotopic (exact) mass is 1420 g/mol. The zero-order valence-corrected chi connectivity index (χ0v) is 61.6. The molecule has 0 amide bonds. The second kappa shape index (κ2) is 23.8. The molecule has 19 aromatic rings. The molecule has 6 heterocycles. The van der Waals surface area contributed by atoms with Gasteiger partial charge in [0.1, 0.15) is 11.2 Å². The molecule has 109 heavy (non-hydrogen) atoms. The number of benzene rings is 15. The summed E-state index contributed by atoms with van der Waals surface area (Å²) in [5, 5.41) is 3.18. The van der Waals surface area contributed by atoms with Gasteiger partial charge in [0.05, 0.1) is 77.5 Å². The van der Waals surface area contributed by atoms with E-state index < -0.39 is 109 Å². The summed E-state index contributed by atoms with van der Waals surface area (Å²) < 4.78 is 168. The Morgan fingerprint density at radius 3 is 1.19 bits per heavy atom. The highest BCUT2D eigenvalue weighted by atomic mass is 16.3. The van der Waals surface area contributed by atoms with Crippen LogP contribution < -0.4 is 26.2 Å². The fraction of sp³-hybridized carbons (Fsp3) is 0.118. The van der Waals surface area contributed by atoms with Gasteiger partial charge in [-0.05, 0) is 187 Å². The maximum absolute atomic E-state index is 10.3. The van der Waals surface area contributed by atoms with Gasteiger partial charge in [-0.1, -0.05) is 268 Å². The molecule has 522 valence electrons. The van der Waals surface area contributed by atoms with E-state index >= 15 is 0 Å². The van der Waals surface area contributed by atoms with Crippen molar-refractivity contribution in [2.24, 2.45) is 0 Å². The largest absolute Gasteiger partial charge is 0.456 e. The first-order valence-electron chi connectivity index (χ1n) is 45.1. The zero-order chi connectivity index (χ0) is 87.4. The number of aromatic nitrogens is 3. The molecule has 0 bridgehead atoms. The Morgan fingerprint density at radius 1 is 0.294 bits per heavy atom. The molecule has 0 spiro atoms. The summed E-state index contributed by atoms with van der Waals surface area (Å²) >= 11 is 0. The van der Waals surface area contributed by atoms with Gasteiger partial charge in [0.15, 0.2) is 0 Å². The van der Waals surface area contributed by atoms with Crippen LogP contribution in [0.15, 0.2) is 326 Å². The van der Waals surface area contributed by atoms with Gasteiger partial charge in [-0.2, -0.15) is 0 Å². The van der Waals surface area contributed by atoms with Crippen molar-refractivity contribution < 1.29 is 26.3 Å². The van der Waals surface area contributed by atoms with E-state index in [1.165, 1.54) is 4.57 Å². The quantitative estimate of drug-likeness (QED) is 0.142. The van der Waals surface area contributed by atoms with Crippen molar-refractivity contribution in [3.63, 3.8) is 0 Å². The number of rotatable bonds is 8. The molecule has 2 aliphatic heterocycles. The van der Waals surface area contributed by atoms with Gasteiger partial charge in [-0.15, -0.1) is 0 Å². The summed E-state index contributed by atoms with van der Waals surface area (Å²) in [5.74, 6) is 0. The number of hydrogen-bond acceptors (Lipinski definition) is 3. The minimum atomic E-state index is -0.833. The Labute approximate surface area is 658 Å². The average Bonchev–Trinajstić information content (AvgIpc) is 1.61. The molecule has 0 aliphatic carbocycles. The van der Waals surface area contributed by atoms with Crippen molar-refractivity contribution in [1.29, 1.82) is 0 Å². The van der Waals surface area contributed by atoms with E-state index in [-0.39, 0.29) is 65.8 Å². The van der Waals surface area contributed by atoms with Crippen LogP contribution in [-0.4, -0.2) is 20.4 Å². The van der Waals surface area contributed by atoms with Crippen molar-refractivity contribution in [3.05, 3.63) is 338 Å². The summed E-state index contributed by atoms with van der Waals surface area (Å²) in [7, 11) is 0. The van der Waals surface area contributed by atoms with Crippen molar-refractivity contribution in [3.8, 4) is 50.4 Å². The average molecular weight is 1420 g/mol. The Bertz CT molecular complexity index is 7730. The first-order chi connectivity index (χ1) is 59.6. The Hall–Kier alpha value is -12.8. The van der Waals surface area contributed by atoms with Crippen LogP contribution in [0.4, 0.5) is 34.1 Å². The molecule has 6 nitrogen and oxygen atoms in total. The number of furan rings is 1. The van der Waals surface area contributed by atoms with Crippen LogP contribution in [0.1, 0.15) is 101 Å². The lowest BCUT2D eigenvalue weighted by atomic mass is 9.33. The molecule has 0 atom stereocenters. The van der Waals surface area contributed by atoms with Crippen LogP contribution in [0.3, 0.4) is 0 Å². The van der Waals surface area contributed by atoms with Crippen molar-refractivity contribution in [2.45, 2.75) is 78.6 Å². The van der Waals surface area contributed by atoms with Crippen LogP contribution in [0, 0.1) is 0 Å². The number of nitrogens with zero attached hydrogens (tertiary/aromatic N) is 5. The number of fused-ring (bicyclic) bond motifs is 16. The topological polar surface area (TPSA) is 34.4 Å². The summed E-state index contributed by atoms with van der Waals surface area (Å²) in [4.78, 5) is 4.48. The predicted octanol–water partition coefficient (Wildman–Crippen LogP) is 25.9. The highest BCUT2D eigenvalue weighted by Crippen LogP contribution is 2.55. The lowest BCUT2D eigenvalue weighted by Crippen LogP contribution is -2.61. The van der Waals surface area contributed by atoms with Crippen LogP contribution in [0.25, 0.3) is 138 Å². The maximum Gasteiger partial charge on any atom is 0.252 e. The summed E-state index contributed by atoms with van der Waals surface area (Å²) in [5.41, 5.74) is 16.8. The smallest absolute Gasteiger partial charge is 0.252 e. The fourth-order valence-electron chi connectivity index (χ4n) is 17.2. The molecule has 15 aromatic carbocycles. The van der Waals surface area contributed by atoms with Gasteiger partial charge in [-0.25, -0.2) is 0 Å². The molecule has 0 saturated heterocycles. The van der Waals surface area contributed by atoms with E-state index in [1.807, 2.05) is 103 Å². The van der Waals surface area contributed by atoms with E-state index in [1.54, 1.807) is 4.57 Å². The Balaban J connectivity index is 1.01. The van der Waals surface area contributed by atoms with Crippen molar-refractivity contribution in [1.82, 2.24) is 13.7 Å². The first-order valence-corrected chi connectivity index (χ1v) is 37.1.